The number of ether oxygens (including phenoxy) is 5. The van der Waals surface area contributed by atoms with Gasteiger partial charge in [0.25, 0.3) is 11.8 Å². The molecule has 3 aliphatic heterocycles. The molecule has 2 saturated heterocycles. The lowest BCUT2D eigenvalue weighted by Crippen LogP contribution is -2.63. The number of carbonyl (C=O) groups is 7. The number of unbranched alkanes of at least 4 members (excludes halogenated alkanes) is 2. The highest BCUT2D eigenvalue weighted by Gasteiger charge is 2.64. The topological polar surface area (TPSA) is 232 Å². The lowest BCUT2D eigenvalue weighted by Gasteiger charge is -2.42. The molecule has 9 atom stereocenters. The van der Waals surface area contributed by atoms with Crippen LogP contribution < -0.4 is 20.7 Å². The highest BCUT2D eigenvalue weighted by molar-refractivity contribution is 7.98. The maximum atomic E-state index is 13.8. The fraction of sp³-hybridized carbons (Fsp3) is 0.596. The molecule has 20 heteroatoms. The number of nitrogens with zero attached hydrogens (tertiary/aromatic N) is 2. The van der Waals surface area contributed by atoms with E-state index in [1.165, 1.54) is 56.9 Å². The number of carbonyl (C=O) groups excluding carboxylic acids is 7. The van der Waals surface area contributed by atoms with Gasteiger partial charge in [0, 0.05) is 58.7 Å². The van der Waals surface area contributed by atoms with E-state index in [9.17, 15) is 38.7 Å². The van der Waals surface area contributed by atoms with Crippen LogP contribution in [-0.4, -0.2) is 151 Å². The number of hydrogen-bond donors (Lipinski definition) is 4. The highest BCUT2D eigenvalue weighted by Crippen LogP contribution is 2.49. The quantitative estimate of drug-likeness (QED) is 0.0338. The van der Waals surface area contributed by atoms with Crippen LogP contribution >= 0.6 is 23.4 Å². The molecule has 1 aromatic carbocycles. The number of epoxide rings is 1. The molecule has 3 aliphatic rings. The van der Waals surface area contributed by atoms with E-state index in [0.717, 1.165) is 16.0 Å². The van der Waals surface area contributed by atoms with Crippen LogP contribution in [0.2, 0.25) is 5.02 Å². The molecule has 67 heavy (non-hydrogen) atoms. The Balaban J connectivity index is 1.38. The first-order valence-corrected chi connectivity index (χ1v) is 24.1. The zero-order valence-electron chi connectivity index (χ0n) is 39.8. The number of allylic oxidation sites excluding steroid dienone is 3. The molecule has 2 fully saturated rings. The number of methoxy groups -OCH3 is 2. The van der Waals surface area contributed by atoms with Crippen molar-refractivity contribution in [2.45, 2.75) is 127 Å². The molecule has 0 radical (unpaired) electrons. The monoisotopic (exact) mass is 975 g/mol. The fourth-order valence-corrected chi connectivity index (χ4v) is 8.77. The second-order valence-electron chi connectivity index (χ2n) is 17.3. The number of rotatable bonds is 26. The first-order valence-electron chi connectivity index (χ1n) is 22.3. The molecule has 0 bridgehead atoms. The van der Waals surface area contributed by atoms with Gasteiger partial charge < -0.3 is 44.3 Å². The summed E-state index contributed by atoms with van der Waals surface area (Å²) in [5, 5.41) is 20.2. The van der Waals surface area contributed by atoms with E-state index < -0.39 is 77.6 Å². The summed E-state index contributed by atoms with van der Waals surface area (Å²) in [7, 11) is 5.83. The maximum Gasteiger partial charge on any atom is 0.409 e. The molecule has 18 nitrogen and oxygen atoms in total. The zero-order chi connectivity index (χ0) is 49.6. The molecule has 370 valence electrons. The third kappa shape index (κ3) is 14.8. The number of imide groups is 1. The Bertz CT molecular complexity index is 2050. The lowest BCUT2D eigenvalue weighted by atomic mass is 9.83. The van der Waals surface area contributed by atoms with Crippen LogP contribution in [0.5, 0.6) is 5.75 Å². The van der Waals surface area contributed by atoms with Crippen LogP contribution in [0, 0.1) is 5.92 Å². The van der Waals surface area contributed by atoms with Gasteiger partial charge in [0.15, 0.2) is 5.72 Å². The lowest BCUT2D eigenvalue weighted by molar-refractivity contribution is -0.162. The summed E-state index contributed by atoms with van der Waals surface area (Å²) in [4.78, 5) is 92.3. The molecule has 8 unspecified atom stereocenters. The first-order chi connectivity index (χ1) is 31.7. The molecule has 0 aromatic heterocycles. The standard InChI is InChI=1S/C47H66ClN5O13S/c1-28(24-31-17-18-32(48)34(25-31)62-7)14-13-15-36(63-8)47(61)27-35(64-45(60)51-47)29(2)42-46(4,66-42)37(26-39(55)49-5)65-44(59)30(3)52(6)43(58)33(21-23-67-9)50-38(54)16-11-10-12-22-53-40(56)19-20-41(53)57/h13-15,17-20,25,29-30,33,35-37,42,61H,10-12,16,21-24,26-27H2,1-9H3,(H,49,55)(H,50,54)(H,51,60)/b15-13+,28-14+/t29?,30-,33?,35?,36?,37?,42?,46?,47?/m0/s1. The van der Waals surface area contributed by atoms with Crippen LogP contribution in [-0.2, 0) is 54.1 Å². The molecular weight excluding hydrogens is 910 g/mol. The number of cyclic esters (lactones) is 1. The SMILES string of the molecule is CNC(=O)CC(OC(=O)[C@H](C)N(C)C(=O)C(CCSC)NC(=O)CCCCCN1C(=O)C=CC1=O)C1(C)OC1C(C)C1CC(O)(C(/C=C/C=C(\C)Cc2ccc(Cl)c(OC)c2)OC)NC(=O)O1. The molecule has 4 N–H and O–H groups in total. The van der Waals surface area contributed by atoms with Gasteiger partial charge in [-0.25, -0.2) is 9.59 Å². The van der Waals surface area contributed by atoms with Crippen molar-refractivity contribution in [3.05, 3.63) is 64.7 Å². The highest BCUT2D eigenvalue weighted by atomic mass is 35.5. The average molecular weight is 977 g/mol. The van der Waals surface area contributed by atoms with Crippen molar-refractivity contribution in [1.29, 1.82) is 0 Å². The van der Waals surface area contributed by atoms with Gasteiger partial charge in [-0.1, -0.05) is 54.8 Å². The van der Waals surface area contributed by atoms with Gasteiger partial charge in [0.1, 0.15) is 41.7 Å². The maximum absolute atomic E-state index is 13.8. The number of nitrogens with one attached hydrogen (secondary N) is 3. The molecule has 0 aliphatic carbocycles. The third-order valence-electron chi connectivity index (χ3n) is 12.4. The number of thioether (sulfide) groups is 1. The largest absolute Gasteiger partial charge is 0.495 e. The van der Waals surface area contributed by atoms with Gasteiger partial charge in [-0.3, -0.25) is 34.2 Å². The van der Waals surface area contributed by atoms with Crippen LogP contribution in [0.25, 0.3) is 0 Å². The van der Waals surface area contributed by atoms with Crippen molar-refractivity contribution < 1.29 is 62.4 Å². The Hall–Kier alpha value is -4.95. The normalized spacial score (nSPS) is 23.7. The Kier molecular flexibility index (Phi) is 20.3. The summed E-state index contributed by atoms with van der Waals surface area (Å²) < 4.78 is 28.8. The minimum absolute atomic E-state index is 0.106. The average Bonchev–Trinajstić information content (AvgIpc) is 3.89. The van der Waals surface area contributed by atoms with E-state index in [1.54, 1.807) is 39.2 Å². The minimum atomic E-state index is -1.89. The van der Waals surface area contributed by atoms with E-state index in [4.69, 9.17) is 35.3 Å². The molecular formula is C47H66ClN5O13S. The predicted octanol–water partition coefficient (Wildman–Crippen LogP) is 4.01. The summed E-state index contributed by atoms with van der Waals surface area (Å²) in [6, 6.07) is 3.45. The Labute approximate surface area is 401 Å². The van der Waals surface area contributed by atoms with E-state index in [-0.39, 0.29) is 43.5 Å². The molecule has 3 heterocycles. The van der Waals surface area contributed by atoms with Crippen molar-refractivity contribution >= 4 is 65.0 Å². The summed E-state index contributed by atoms with van der Waals surface area (Å²) in [6.07, 6.45) is 7.13. The van der Waals surface area contributed by atoms with Gasteiger partial charge in [-0.15, -0.1) is 0 Å². The Morgan fingerprint density at radius 3 is 2.45 bits per heavy atom. The smallest absolute Gasteiger partial charge is 0.409 e. The van der Waals surface area contributed by atoms with Crippen molar-refractivity contribution in [3.63, 3.8) is 0 Å². The number of hydrogen-bond acceptors (Lipinski definition) is 14. The number of likely N-dealkylation sites (N-methyl/N-ethyl adjacent to an activating group) is 1. The predicted molar refractivity (Wildman–Crippen MR) is 251 cm³/mol. The van der Waals surface area contributed by atoms with Crippen molar-refractivity contribution in [3.8, 4) is 5.75 Å². The molecule has 6 amide bonds. The Morgan fingerprint density at radius 1 is 1.10 bits per heavy atom. The third-order valence-corrected chi connectivity index (χ3v) is 13.3. The van der Waals surface area contributed by atoms with Crippen molar-refractivity contribution in [1.82, 2.24) is 25.8 Å². The number of halogens is 1. The van der Waals surface area contributed by atoms with Crippen LogP contribution in [0.4, 0.5) is 4.79 Å². The van der Waals surface area contributed by atoms with Gasteiger partial charge in [-0.2, -0.15) is 11.8 Å². The van der Waals surface area contributed by atoms with Crippen molar-refractivity contribution in [2.75, 3.05) is 46.9 Å². The van der Waals surface area contributed by atoms with Gasteiger partial charge >= 0.3 is 12.1 Å². The fourth-order valence-electron chi connectivity index (χ4n) is 8.10. The zero-order valence-corrected chi connectivity index (χ0v) is 41.3. The number of amides is 6. The number of alkyl carbamates (subject to hydrolysis) is 1. The van der Waals surface area contributed by atoms with E-state index in [1.807, 2.05) is 31.4 Å². The molecule has 1 aromatic rings. The van der Waals surface area contributed by atoms with Crippen LogP contribution in [0.3, 0.4) is 0 Å². The van der Waals surface area contributed by atoms with Crippen molar-refractivity contribution in [2.24, 2.45) is 5.92 Å². The minimum Gasteiger partial charge on any atom is -0.495 e. The summed E-state index contributed by atoms with van der Waals surface area (Å²) in [5.41, 5.74) is -1.15. The van der Waals surface area contributed by atoms with E-state index >= 15 is 0 Å². The summed E-state index contributed by atoms with van der Waals surface area (Å²) >= 11 is 7.66. The Morgan fingerprint density at radius 2 is 1.81 bits per heavy atom. The van der Waals surface area contributed by atoms with E-state index in [0.29, 0.717) is 48.6 Å². The molecule has 0 saturated carbocycles. The molecule has 4 rings (SSSR count). The van der Waals surface area contributed by atoms with Gasteiger partial charge in [0.2, 0.25) is 17.7 Å². The summed E-state index contributed by atoms with van der Waals surface area (Å²) in [5.74, 6) is -2.30. The van der Waals surface area contributed by atoms with Crippen LogP contribution in [0.15, 0.2) is 54.2 Å². The van der Waals surface area contributed by atoms with E-state index in [2.05, 4.69) is 16.0 Å². The number of aliphatic hydroxyl groups is 1. The number of benzene rings is 1. The van der Waals surface area contributed by atoms with Crippen LogP contribution in [0.1, 0.15) is 78.2 Å². The van der Waals surface area contributed by atoms with Gasteiger partial charge in [0.05, 0.1) is 24.7 Å². The second kappa shape index (κ2) is 24.9. The summed E-state index contributed by atoms with van der Waals surface area (Å²) in [6.45, 7) is 7.12. The van der Waals surface area contributed by atoms with Gasteiger partial charge in [-0.05, 0) is 76.2 Å². The second-order valence-corrected chi connectivity index (χ2v) is 18.7. The molecule has 0 spiro atoms. The first kappa shape index (κ1) is 54.7. The number of esters is 1.